The number of halogens is 1. The molecule has 26 heavy (non-hydrogen) atoms. The zero-order valence-electron chi connectivity index (χ0n) is 14.3. The highest BCUT2D eigenvalue weighted by Crippen LogP contribution is 2.29. The number of piperazine rings is 1. The Morgan fingerprint density at radius 1 is 1.23 bits per heavy atom. The van der Waals surface area contributed by atoms with E-state index in [4.69, 9.17) is 0 Å². The Bertz CT molecular complexity index is 900. The number of hydrogen-bond acceptors (Lipinski definition) is 4. The molecule has 0 bridgehead atoms. The number of nitrogens with one attached hydrogen (secondary N) is 2. The van der Waals surface area contributed by atoms with Crippen LogP contribution in [0.1, 0.15) is 18.5 Å². The second kappa shape index (κ2) is 7.53. The van der Waals surface area contributed by atoms with Crippen molar-refractivity contribution >= 4 is 21.6 Å². The summed E-state index contributed by atoms with van der Waals surface area (Å²) in [5.41, 5.74) is 1.13. The molecule has 2 N–H and O–H groups in total. The summed E-state index contributed by atoms with van der Waals surface area (Å²) in [4.78, 5) is 11.2. The van der Waals surface area contributed by atoms with E-state index in [1.165, 1.54) is 35.5 Å². The number of nitrogens with zero attached hydrogens (tertiary/aromatic N) is 1. The molecule has 1 aliphatic rings. The summed E-state index contributed by atoms with van der Waals surface area (Å²) in [5.74, 6) is -0.626. The van der Waals surface area contributed by atoms with Gasteiger partial charge in [-0.3, -0.25) is 4.79 Å². The first-order chi connectivity index (χ1) is 12.4. The van der Waals surface area contributed by atoms with E-state index < -0.39 is 21.9 Å². The molecule has 6 nitrogen and oxygen atoms in total. The number of rotatable bonds is 4. The fourth-order valence-corrected chi connectivity index (χ4v) is 4.63. The number of amides is 1. The van der Waals surface area contributed by atoms with E-state index in [-0.39, 0.29) is 17.3 Å². The SMILES string of the molecule is CC(=O)Nc1ccc(S(=O)(=O)N2CCNCC2c2cccc(F)c2)cc1. The van der Waals surface area contributed by atoms with Crippen LogP contribution in [0.4, 0.5) is 10.1 Å². The molecule has 0 radical (unpaired) electrons. The third-order valence-electron chi connectivity index (χ3n) is 4.21. The first-order valence-electron chi connectivity index (χ1n) is 8.23. The van der Waals surface area contributed by atoms with E-state index in [2.05, 4.69) is 10.6 Å². The van der Waals surface area contributed by atoms with E-state index >= 15 is 0 Å². The van der Waals surface area contributed by atoms with Crippen molar-refractivity contribution in [2.24, 2.45) is 0 Å². The van der Waals surface area contributed by atoms with Crippen LogP contribution < -0.4 is 10.6 Å². The Labute approximate surface area is 152 Å². The number of sulfonamides is 1. The van der Waals surface area contributed by atoms with Gasteiger partial charge in [-0.25, -0.2) is 12.8 Å². The summed E-state index contributed by atoms with van der Waals surface area (Å²) < 4.78 is 41.2. The van der Waals surface area contributed by atoms with Crippen LogP contribution in [-0.4, -0.2) is 38.3 Å². The molecule has 3 rings (SSSR count). The summed E-state index contributed by atoms with van der Waals surface area (Å²) in [7, 11) is -3.76. The Kier molecular flexibility index (Phi) is 5.36. The van der Waals surface area contributed by atoms with Gasteiger partial charge in [0.1, 0.15) is 5.82 Å². The highest BCUT2D eigenvalue weighted by Gasteiger charge is 2.34. The van der Waals surface area contributed by atoms with Gasteiger partial charge in [-0.05, 0) is 42.0 Å². The molecule has 8 heteroatoms. The van der Waals surface area contributed by atoms with Gasteiger partial charge in [0.2, 0.25) is 15.9 Å². The van der Waals surface area contributed by atoms with E-state index in [0.29, 0.717) is 24.3 Å². The highest BCUT2D eigenvalue weighted by atomic mass is 32.2. The molecule has 1 unspecified atom stereocenters. The largest absolute Gasteiger partial charge is 0.326 e. The molecule has 1 aliphatic heterocycles. The number of carbonyl (C=O) groups excluding carboxylic acids is 1. The van der Waals surface area contributed by atoms with Crippen molar-refractivity contribution < 1.29 is 17.6 Å². The summed E-state index contributed by atoms with van der Waals surface area (Å²) in [6.45, 7) is 2.60. The molecule has 2 aromatic rings. The van der Waals surface area contributed by atoms with Crippen molar-refractivity contribution in [3.8, 4) is 0 Å². The highest BCUT2D eigenvalue weighted by molar-refractivity contribution is 7.89. The van der Waals surface area contributed by atoms with Gasteiger partial charge < -0.3 is 10.6 Å². The monoisotopic (exact) mass is 377 g/mol. The zero-order chi connectivity index (χ0) is 18.7. The van der Waals surface area contributed by atoms with Crippen molar-refractivity contribution in [2.75, 3.05) is 25.0 Å². The Morgan fingerprint density at radius 2 is 1.96 bits per heavy atom. The van der Waals surface area contributed by atoms with Gasteiger partial charge in [0.05, 0.1) is 10.9 Å². The van der Waals surface area contributed by atoms with E-state index in [0.717, 1.165) is 0 Å². The fraction of sp³-hybridized carbons (Fsp3) is 0.278. The van der Waals surface area contributed by atoms with Crippen molar-refractivity contribution in [1.82, 2.24) is 9.62 Å². The van der Waals surface area contributed by atoms with Crippen LogP contribution >= 0.6 is 0 Å². The quantitative estimate of drug-likeness (QED) is 0.856. The first kappa shape index (κ1) is 18.5. The number of hydrogen-bond donors (Lipinski definition) is 2. The van der Waals surface area contributed by atoms with Crippen molar-refractivity contribution in [3.63, 3.8) is 0 Å². The molecule has 1 saturated heterocycles. The summed E-state index contributed by atoms with van der Waals surface area (Å²) >= 11 is 0. The molecular weight excluding hydrogens is 357 g/mol. The van der Waals surface area contributed by atoms with Crippen LogP contribution in [0.2, 0.25) is 0 Å². The topological polar surface area (TPSA) is 78.5 Å². The average molecular weight is 377 g/mol. The van der Waals surface area contributed by atoms with Crippen LogP contribution in [0.25, 0.3) is 0 Å². The predicted octanol–water partition coefficient (Wildman–Crippen LogP) is 2.12. The molecule has 0 aliphatic carbocycles. The first-order valence-corrected chi connectivity index (χ1v) is 9.67. The lowest BCUT2D eigenvalue weighted by Crippen LogP contribution is -2.48. The standard InChI is InChI=1S/C18H20FN3O3S/c1-13(23)21-16-5-7-17(8-6-16)26(24,25)22-10-9-20-12-18(22)14-3-2-4-15(19)11-14/h2-8,11,18,20H,9-10,12H2,1H3,(H,21,23). The lowest BCUT2D eigenvalue weighted by molar-refractivity contribution is -0.114. The zero-order valence-corrected chi connectivity index (χ0v) is 15.1. The maximum absolute atomic E-state index is 13.6. The summed E-state index contributed by atoms with van der Waals surface area (Å²) in [6, 6.07) is 11.5. The maximum atomic E-state index is 13.6. The van der Waals surface area contributed by atoms with Gasteiger partial charge in [-0.1, -0.05) is 12.1 Å². The van der Waals surface area contributed by atoms with Crippen LogP contribution in [0, 0.1) is 5.82 Å². The second-order valence-corrected chi connectivity index (χ2v) is 7.99. The van der Waals surface area contributed by atoms with Crippen molar-refractivity contribution in [3.05, 3.63) is 59.9 Å². The third-order valence-corrected chi connectivity index (χ3v) is 6.13. The molecular formula is C18H20FN3O3S. The lowest BCUT2D eigenvalue weighted by atomic mass is 10.1. The molecule has 138 valence electrons. The molecule has 2 aromatic carbocycles. The minimum atomic E-state index is -3.76. The minimum Gasteiger partial charge on any atom is -0.326 e. The number of benzene rings is 2. The van der Waals surface area contributed by atoms with Gasteiger partial charge >= 0.3 is 0 Å². The molecule has 0 spiro atoms. The molecule has 0 aromatic heterocycles. The minimum absolute atomic E-state index is 0.134. The molecule has 1 atom stereocenters. The van der Waals surface area contributed by atoms with Gasteiger partial charge in [0.15, 0.2) is 0 Å². The van der Waals surface area contributed by atoms with Gasteiger partial charge in [0.25, 0.3) is 0 Å². The van der Waals surface area contributed by atoms with Gasteiger partial charge in [-0.15, -0.1) is 0 Å². The average Bonchev–Trinajstić information content (AvgIpc) is 2.62. The maximum Gasteiger partial charge on any atom is 0.243 e. The molecule has 1 amide bonds. The van der Waals surface area contributed by atoms with E-state index in [1.807, 2.05) is 0 Å². The number of anilines is 1. The normalized spacial score (nSPS) is 18.5. The van der Waals surface area contributed by atoms with Crippen molar-refractivity contribution in [1.29, 1.82) is 0 Å². The lowest BCUT2D eigenvalue weighted by Gasteiger charge is -2.35. The van der Waals surface area contributed by atoms with Crippen molar-refractivity contribution in [2.45, 2.75) is 17.9 Å². The molecule has 1 heterocycles. The van der Waals surface area contributed by atoms with Crippen LogP contribution in [0.5, 0.6) is 0 Å². The van der Waals surface area contributed by atoms with E-state index in [1.54, 1.807) is 24.3 Å². The summed E-state index contributed by atoms with van der Waals surface area (Å²) in [5, 5.41) is 5.77. The Balaban J connectivity index is 1.92. The smallest absolute Gasteiger partial charge is 0.243 e. The van der Waals surface area contributed by atoms with Crippen LogP contribution in [-0.2, 0) is 14.8 Å². The molecule has 0 saturated carbocycles. The Morgan fingerprint density at radius 3 is 2.62 bits per heavy atom. The predicted molar refractivity (Wildman–Crippen MR) is 96.6 cm³/mol. The third kappa shape index (κ3) is 3.92. The van der Waals surface area contributed by atoms with Crippen LogP contribution in [0.15, 0.2) is 53.4 Å². The second-order valence-electron chi connectivity index (χ2n) is 6.10. The van der Waals surface area contributed by atoms with Gasteiger partial charge in [-0.2, -0.15) is 4.31 Å². The Hall–Kier alpha value is -2.29. The van der Waals surface area contributed by atoms with Crippen LogP contribution in [0.3, 0.4) is 0 Å². The summed E-state index contributed by atoms with van der Waals surface area (Å²) in [6.07, 6.45) is 0. The van der Waals surface area contributed by atoms with Gasteiger partial charge in [0, 0.05) is 32.2 Å². The number of carbonyl (C=O) groups is 1. The fourth-order valence-electron chi connectivity index (χ4n) is 3.02. The molecule has 1 fully saturated rings. The van der Waals surface area contributed by atoms with E-state index in [9.17, 15) is 17.6 Å².